The molecule has 0 aliphatic carbocycles. The molecule has 114 valence electrons. The Hall–Kier alpha value is -1.46. The Morgan fingerprint density at radius 3 is 2.81 bits per heavy atom. The van der Waals surface area contributed by atoms with Crippen molar-refractivity contribution < 1.29 is 9.13 Å². The first-order valence-electron chi connectivity index (χ1n) is 7.11. The van der Waals surface area contributed by atoms with Crippen LogP contribution in [0.2, 0.25) is 0 Å². The standard InChI is InChI=1S/C16H21FN2OS/c1-5-8-18-10(2)15-11(3)19-16(21-15)13-7-6-12(20-4)9-14(13)17/h6-7,9-10,18H,5,8H2,1-4H3. The van der Waals surface area contributed by atoms with Crippen LogP contribution in [0.4, 0.5) is 4.39 Å². The molecule has 0 amide bonds. The lowest BCUT2D eigenvalue weighted by Gasteiger charge is -2.11. The lowest BCUT2D eigenvalue weighted by molar-refractivity contribution is 0.411. The third-order valence-corrected chi connectivity index (χ3v) is 4.71. The highest BCUT2D eigenvalue weighted by molar-refractivity contribution is 7.15. The Kier molecular flexibility index (Phi) is 5.31. The van der Waals surface area contributed by atoms with Gasteiger partial charge in [0.25, 0.3) is 0 Å². The summed E-state index contributed by atoms with van der Waals surface area (Å²) in [6.07, 6.45) is 1.09. The average molecular weight is 308 g/mol. The van der Waals surface area contributed by atoms with E-state index >= 15 is 0 Å². The summed E-state index contributed by atoms with van der Waals surface area (Å²) in [4.78, 5) is 5.68. The highest BCUT2D eigenvalue weighted by atomic mass is 32.1. The molecule has 1 heterocycles. The van der Waals surface area contributed by atoms with E-state index in [-0.39, 0.29) is 11.9 Å². The molecule has 0 saturated carbocycles. The molecule has 2 aromatic rings. The maximum Gasteiger partial charge on any atom is 0.137 e. The van der Waals surface area contributed by atoms with Crippen LogP contribution in [0, 0.1) is 12.7 Å². The predicted molar refractivity (Wildman–Crippen MR) is 85.5 cm³/mol. The van der Waals surface area contributed by atoms with Gasteiger partial charge in [-0.1, -0.05) is 6.92 Å². The smallest absolute Gasteiger partial charge is 0.137 e. The van der Waals surface area contributed by atoms with Gasteiger partial charge in [-0.15, -0.1) is 11.3 Å². The van der Waals surface area contributed by atoms with E-state index < -0.39 is 0 Å². The van der Waals surface area contributed by atoms with Gasteiger partial charge in [0.15, 0.2) is 0 Å². The molecule has 1 aromatic carbocycles. The van der Waals surface area contributed by atoms with Crippen molar-refractivity contribution in [3.8, 4) is 16.3 Å². The molecule has 2 rings (SSSR count). The van der Waals surface area contributed by atoms with Crippen molar-refractivity contribution in [1.29, 1.82) is 0 Å². The van der Waals surface area contributed by atoms with E-state index in [4.69, 9.17) is 4.74 Å². The van der Waals surface area contributed by atoms with Gasteiger partial charge >= 0.3 is 0 Å². The van der Waals surface area contributed by atoms with E-state index in [9.17, 15) is 4.39 Å². The number of halogens is 1. The number of methoxy groups -OCH3 is 1. The number of rotatable bonds is 6. The molecular formula is C16H21FN2OS. The Morgan fingerprint density at radius 2 is 2.19 bits per heavy atom. The third-order valence-electron chi connectivity index (χ3n) is 3.33. The Morgan fingerprint density at radius 1 is 1.43 bits per heavy atom. The monoisotopic (exact) mass is 308 g/mol. The second-order valence-corrected chi connectivity index (χ2v) is 6.02. The van der Waals surface area contributed by atoms with Crippen LogP contribution in [-0.2, 0) is 0 Å². The molecule has 0 radical (unpaired) electrons. The fourth-order valence-electron chi connectivity index (χ4n) is 2.17. The van der Waals surface area contributed by atoms with Gasteiger partial charge in [-0.05, 0) is 38.9 Å². The van der Waals surface area contributed by atoms with Gasteiger partial charge in [-0.3, -0.25) is 0 Å². The van der Waals surface area contributed by atoms with E-state index in [1.807, 2.05) is 6.92 Å². The molecule has 0 fully saturated rings. The number of aryl methyl sites for hydroxylation is 1. The van der Waals surface area contributed by atoms with Gasteiger partial charge in [0.1, 0.15) is 16.6 Å². The molecule has 5 heteroatoms. The van der Waals surface area contributed by atoms with Crippen molar-refractivity contribution in [2.75, 3.05) is 13.7 Å². The molecule has 1 aromatic heterocycles. The number of benzene rings is 1. The molecule has 1 atom stereocenters. The van der Waals surface area contributed by atoms with Crippen LogP contribution in [0.1, 0.15) is 36.9 Å². The zero-order chi connectivity index (χ0) is 15.4. The second kappa shape index (κ2) is 7.00. The quantitative estimate of drug-likeness (QED) is 0.862. The largest absolute Gasteiger partial charge is 0.497 e. The molecule has 0 bridgehead atoms. The van der Waals surface area contributed by atoms with Gasteiger partial charge in [-0.25, -0.2) is 9.37 Å². The van der Waals surface area contributed by atoms with Crippen molar-refractivity contribution in [2.45, 2.75) is 33.2 Å². The molecular weight excluding hydrogens is 287 g/mol. The van der Waals surface area contributed by atoms with Gasteiger partial charge < -0.3 is 10.1 Å². The molecule has 0 spiro atoms. The van der Waals surface area contributed by atoms with Crippen molar-refractivity contribution in [3.05, 3.63) is 34.6 Å². The molecule has 0 saturated heterocycles. The number of nitrogens with one attached hydrogen (secondary N) is 1. The van der Waals surface area contributed by atoms with E-state index in [0.717, 1.165) is 23.5 Å². The van der Waals surface area contributed by atoms with Crippen LogP contribution in [0.25, 0.3) is 10.6 Å². The second-order valence-electron chi connectivity index (χ2n) is 4.99. The summed E-state index contributed by atoms with van der Waals surface area (Å²) in [6, 6.07) is 5.11. The Balaban J connectivity index is 2.29. The Bertz CT molecular complexity index is 612. The number of hydrogen-bond donors (Lipinski definition) is 1. The maximum absolute atomic E-state index is 14.1. The fourth-order valence-corrected chi connectivity index (χ4v) is 3.29. The first-order valence-corrected chi connectivity index (χ1v) is 7.93. The summed E-state index contributed by atoms with van der Waals surface area (Å²) < 4.78 is 19.2. The molecule has 3 nitrogen and oxygen atoms in total. The molecule has 0 aliphatic rings. The number of nitrogens with zero attached hydrogens (tertiary/aromatic N) is 1. The summed E-state index contributed by atoms with van der Waals surface area (Å²) in [6.45, 7) is 7.19. The first-order chi connectivity index (χ1) is 10.1. The zero-order valence-corrected chi connectivity index (χ0v) is 13.7. The average Bonchev–Trinajstić information content (AvgIpc) is 2.86. The van der Waals surface area contributed by atoms with Crippen LogP contribution in [0.3, 0.4) is 0 Å². The molecule has 1 N–H and O–H groups in total. The van der Waals surface area contributed by atoms with Gasteiger partial charge in [0.2, 0.25) is 0 Å². The zero-order valence-electron chi connectivity index (χ0n) is 12.9. The van der Waals surface area contributed by atoms with Gasteiger partial charge in [0.05, 0.1) is 12.8 Å². The minimum atomic E-state index is -0.302. The predicted octanol–water partition coefficient (Wildman–Crippen LogP) is 4.33. The van der Waals surface area contributed by atoms with Gasteiger partial charge in [0, 0.05) is 22.5 Å². The lowest BCUT2D eigenvalue weighted by Crippen LogP contribution is -2.18. The van der Waals surface area contributed by atoms with Crippen LogP contribution < -0.4 is 10.1 Å². The first kappa shape index (κ1) is 15.9. The number of ether oxygens (including phenoxy) is 1. The topological polar surface area (TPSA) is 34.1 Å². The third kappa shape index (κ3) is 3.60. The molecule has 21 heavy (non-hydrogen) atoms. The SMILES string of the molecule is CCCNC(C)c1sc(-c2ccc(OC)cc2F)nc1C. The number of thiazole rings is 1. The Labute approximate surface area is 129 Å². The van der Waals surface area contributed by atoms with Crippen molar-refractivity contribution in [3.63, 3.8) is 0 Å². The van der Waals surface area contributed by atoms with E-state index in [1.165, 1.54) is 13.2 Å². The van der Waals surface area contributed by atoms with Crippen molar-refractivity contribution in [2.24, 2.45) is 0 Å². The summed E-state index contributed by atoms with van der Waals surface area (Å²) >= 11 is 1.54. The molecule has 1 unspecified atom stereocenters. The molecule has 0 aliphatic heterocycles. The van der Waals surface area contributed by atoms with Crippen LogP contribution in [-0.4, -0.2) is 18.6 Å². The van der Waals surface area contributed by atoms with E-state index in [0.29, 0.717) is 16.3 Å². The summed E-state index contributed by atoms with van der Waals surface area (Å²) in [5.41, 5.74) is 1.49. The minimum Gasteiger partial charge on any atom is -0.497 e. The fraction of sp³-hybridized carbons (Fsp3) is 0.438. The van der Waals surface area contributed by atoms with E-state index in [1.54, 1.807) is 23.5 Å². The summed E-state index contributed by atoms with van der Waals surface area (Å²) in [7, 11) is 1.53. The van der Waals surface area contributed by atoms with Crippen molar-refractivity contribution >= 4 is 11.3 Å². The number of aromatic nitrogens is 1. The normalized spacial score (nSPS) is 12.4. The summed E-state index contributed by atoms with van der Waals surface area (Å²) in [5.74, 6) is 0.214. The number of hydrogen-bond acceptors (Lipinski definition) is 4. The van der Waals surface area contributed by atoms with Crippen LogP contribution in [0.15, 0.2) is 18.2 Å². The van der Waals surface area contributed by atoms with Crippen molar-refractivity contribution in [1.82, 2.24) is 10.3 Å². The highest BCUT2D eigenvalue weighted by Crippen LogP contribution is 2.34. The minimum absolute atomic E-state index is 0.234. The maximum atomic E-state index is 14.1. The van der Waals surface area contributed by atoms with Crippen LogP contribution in [0.5, 0.6) is 5.75 Å². The van der Waals surface area contributed by atoms with Crippen LogP contribution >= 0.6 is 11.3 Å². The highest BCUT2D eigenvalue weighted by Gasteiger charge is 2.17. The summed E-state index contributed by atoms with van der Waals surface area (Å²) in [5, 5.41) is 4.16. The lowest BCUT2D eigenvalue weighted by atomic mass is 10.2. The van der Waals surface area contributed by atoms with Gasteiger partial charge in [-0.2, -0.15) is 0 Å². The van der Waals surface area contributed by atoms with E-state index in [2.05, 4.69) is 24.1 Å².